The Morgan fingerprint density at radius 1 is 1.58 bits per heavy atom. The van der Waals surface area contributed by atoms with Crippen molar-refractivity contribution < 1.29 is 13.2 Å². The van der Waals surface area contributed by atoms with E-state index in [1.807, 2.05) is 4.72 Å². The summed E-state index contributed by atoms with van der Waals surface area (Å²) in [6.45, 7) is 2.86. The topological polar surface area (TPSA) is 63.2 Å². The number of hydrogen-bond donors (Lipinski definition) is 1. The van der Waals surface area contributed by atoms with Gasteiger partial charge in [0.1, 0.15) is 0 Å². The maximum atomic E-state index is 11.0. The van der Waals surface area contributed by atoms with E-state index < -0.39 is 15.9 Å². The molecule has 0 aromatic heterocycles. The van der Waals surface area contributed by atoms with Gasteiger partial charge in [-0.05, 0) is 5.92 Å². The van der Waals surface area contributed by atoms with Crippen LogP contribution in [0.3, 0.4) is 0 Å². The second-order valence-electron chi connectivity index (χ2n) is 2.70. The zero-order valence-corrected chi connectivity index (χ0v) is 8.57. The first-order valence-electron chi connectivity index (χ1n) is 3.44. The smallest absolute Gasteiger partial charge is 0.235 e. The molecular weight excluding hydrogens is 202 g/mol. The van der Waals surface area contributed by atoms with Crippen LogP contribution in [-0.4, -0.2) is 26.0 Å². The molecule has 1 amide bonds. The van der Waals surface area contributed by atoms with Crippen molar-refractivity contribution >= 4 is 27.5 Å². The number of rotatable bonds is 4. The molecule has 0 aliphatic rings. The fraction of sp³-hybridized carbons (Fsp3) is 0.833. The Balaban J connectivity index is 4.15. The average molecular weight is 214 g/mol. The molecule has 0 aliphatic carbocycles. The summed E-state index contributed by atoms with van der Waals surface area (Å²) in [4.78, 5) is 10.4. The summed E-state index contributed by atoms with van der Waals surface area (Å²) in [5, 5.41) is 0. The Labute approximate surface area is 77.3 Å². The lowest BCUT2D eigenvalue weighted by atomic mass is 10.3. The highest BCUT2D eigenvalue weighted by atomic mass is 35.5. The van der Waals surface area contributed by atoms with Crippen molar-refractivity contribution in [1.29, 1.82) is 0 Å². The van der Waals surface area contributed by atoms with Crippen molar-refractivity contribution in [3.8, 4) is 0 Å². The zero-order chi connectivity index (χ0) is 9.78. The minimum atomic E-state index is -3.48. The van der Waals surface area contributed by atoms with Gasteiger partial charge in [0, 0.05) is 12.8 Å². The molecule has 0 saturated heterocycles. The summed E-state index contributed by atoms with van der Waals surface area (Å²) in [5.41, 5.74) is 0. The summed E-state index contributed by atoms with van der Waals surface area (Å²) in [6, 6.07) is 0. The quantitative estimate of drug-likeness (QED) is 0.685. The minimum absolute atomic E-state index is 0.115. The molecule has 1 N–H and O–H groups in total. The molecule has 1 unspecified atom stereocenters. The maximum Gasteiger partial charge on any atom is 0.235 e. The standard InChI is InChI=1S/C6H12ClNO3S/c1-5(3-7)4-12(10,11)8-6(2)9/h5H,3-4H2,1-2H3,(H,8,9). The normalized spacial score (nSPS) is 13.9. The molecule has 0 radical (unpaired) electrons. The first kappa shape index (κ1) is 11.7. The van der Waals surface area contributed by atoms with E-state index in [9.17, 15) is 13.2 Å². The van der Waals surface area contributed by atoms with Gasteiger partial charge in [-0.1, -0.05) is 6.92 Å². The molecule has 0 aliphatic heterocycles. The van der Waals surface area contributed by atoms with Gasteiger partial charge in [0.15, 0.2) is 0 Å². The van der Waals surface area contributed by atoms with E-state index in [0.717, 1.165) is 6.92 Å². The molecule has 0 rings (SSSR count). The van der Waals surface area contributed by atoms with Crippen LogP contribution in [0.5, 0.6) is 0 Å². The van der Waals surface area contributed by atoms with Gasteiger partial charge >= 0.3 is 0 Å². The Morgan fingerprint density at radius 2 is 2.08 bits per heavy atom. The molecule has 4 nitrogen and oxygen atoms in total. The van der Waals surface area contributed by atoms with Crippen LogP contribution >= 0.6 is 11.6 Å². The zero-order valence-electron chi connectivity index (χ0n) is 7.00. The first-order valence-corrected chi connectivity index (χ1v) is 5.63. The second-order valence-corrected chi connectivity index (χ2v) is 4.77. The number of halogens is 1. The van der Waals surface area contributed by atoms with E-state index >= 15 is 0 Å². The molecule has 1 atom stereocenters. The third-order valence-electron chi connectivity index (χ3n) is 1.07. The summed E-state index contributed by atoms with van der Waals surface area (Å²) < 4.78 is 23.9. The maximum absolute atomic E-state index is 11.0. The van der Waals surface area contributed by atoms with Crippen molar-refractivity contribution in [1.82, 2.24) is 4.72 Å². The van der Waals surface area contributed by atoms with Gasteiger partial charge < -0.3 is 0 Å². The van der Waals surface area contributed by atoms with Crippen LogP contribution < -0.4 is 4.72 Å². The summed E-state index contributed by atoms with van der Waals surface area (Å²) in [5.74, 6) is -0.574. The van der Waals surface area contributed by atoms with Crippen LogP contribution in [0.4, 0.5) is 0 Å². The number of carbonyl (C=O) groups is 1. The Morgan fingerprint density at radius 3 is 2.42 bits per heavy atom. The molecule has 0 aromatic rings. The molecule has 0 saturated carbocycles. The number of amides is 1. The summed E-state index contributed by atoms with van der Waals surface area (Å²) in [6.07, 6.45) is 0. The van der Waals surface area contributed by atoms with Gasteiger partial charge in [-0.15, -0.1) is 11.6 Å². The molecule has 0 aromatic carbocycles. The summed E-state index contributed by atoms with van der Waals surface area (Å²) in [7, 11) is -3.48. The van der Waals surface area contributed by atoms with Crippen LogP contribution in [0, 0.1) is 5.92 Å². The largest absolute Gasteiger partial charge is 0.274 e. The van der Waals surface area contributed by atoms with E-state index in [2.05, 4.69) is 0 Å². The first-order chi connectivity index (χ1) is 5.37. The van der Waals surface area contributed by atoms with Crippen LogP contribution in [-0.2, 0) is 14.8 Å². The van der Waals surface area contributed by atoms with E-state index in [1.54, 1.807) is 6.92 Å². The molecule has 0 spiro atoms. The summed E-state index contributed by atoms with van der Waals surface area (Å²) >= 11 is 5.42. The molecule has 6 heteroatoms. The van der Waals surface area contributed by atoms with Gasteiger partial charge in [0.05, 0.1) is 5.75 Å². The number of sulfonamides is 1. The monoisotopic (exact) mass is 213 g/mol. The average Bonchev–Trinajstić information content (AvgIpc) is 1.83. The minimum Gasteiger partial charge on any atom is -0.274 e. The Bertz CT molecular complexity index is 250. The SMILES string of the molecule is CC(=O)NS(=O)(=O)CC(C)CCl. The predicted molar refractivity (Wildman–Crippen MR) is 47.5 cm³/mol. The highest BCUT2D eigenvalue weighted by Gasteiger charge is 2.15. The second kappa shape index (κ2) is 4.67. The van der Waals surface area contributed by atoms with Crippen molar-refractivity contribution in [3.05, 3.63) is 0 Å². The van der Waals surface area contributed by atoms with Gasteiger partial charge in [0.25, 0.3) is 0 Å². The fourth-order valence-electron chi connectivity index (χ4n) is 0.680. The highest BCUT2D eigenvalue weighted by Crippen LogP contribution is 2.01. The number of carbonyl (C=O) groups excluding carboxylic acids is 1. The molecule has 0 bridgehead atoms. The van der Waals surface area contributed by atoms with Crippen LogP contribution in [0.15, 0.2) is 0 Å². The van der Waals surface area contributed by atoms with Crippen molar-refractivity contribution in [2.45, 2.75) is 13.8 Å². The van der Waals surface area contributed by atoms with Crippen molar-refractivity contribution in [2.75, 3.05) is 11.6 Å². The van der Waals surface area contributed by atoms with E-state index in [0.29, 0.717) is 0 Å². The van der Waals surface area contributed by atoms with Crippen LogP contribution in [0.2, 0.25) is 0 Å². The van der Waals surface area contributed by atoms with Gasteiger partial charge in [0.2, 0.25) is 15.9 Å². The van der Waals surface area contributed by atoms with Gasteiger partial charge in [-0.3, -0.25) is 9.52 Å². The molecular formula is C6H12ClNO3S. The van der Waals surface area contributed by atoms with E-state index in [1.165, 1.54) is 0 Å². The van der Waals surface area contributed by atoms with E-state index in [-0.39, 0.29) is 17.6 Å². The van der Waals surface area contributed by atoms with Crippen molar-refractivity contribution in [3.63, 3.8) is 0 Å². The lowest BCUT2D eigenvalue weighted by Gasteiger charge is -2.07. The van der Waals surface area contributed by atoms with Gasteiger partial charge in [-0.2, -0.15) is 0 Å². The third-order valence-corrected chi connectivity index (χ3v) is 3.20. The third kappa shape index (κ3) is 5.37. The number of alkyl halides is 1. The number of hydrogen-bond acceptors (Lipinski definition) is 3. The van der Waals surface area contributed by atoms with Crippen LogP contribution in [0.1, 0.15) is 13.8 Å². The Kier molecular flexibility index (Phi) is 4.55. The molecule has 72 valence electrons. The highest BCUT2D eigenvalue weighted by molar-refractivity contribution is 7.90. The lowest BCUT2D eigenvalue weighted by molar-refractivity contribution is -0.117. The van der Waals surface area contributed by atoms with E-state index in [4.69, 9.17) is 11.6 Å². The fourth-order valence-corrected chi connectivity index (χ4v) is 2.31. The molecule has 12 heavy (non-hydrogen) atoms. The molecule has 0 heterocycles. The van der Waals surface area contributed by atoms with Crippen molar-refractivity contribution in [2.24, 2.45) is 5.92 Å². The van der Waals surface area contributed by atoms with Crippen LogP contribution in [0.25, 0.3) is 0 Å². The number of nitrogens with one attached hydrogen (secondary N) is 1. The van der Waals surface area contributed by atoms with Gasteiger partial charge in [-0.25, -0.2) is 8.42 Å². The Hall–Kier alpha value is -0.290. The predicted octanol–water partition coefficient (Wildman–Crippen LogP) is 0.327. The lowest BCUT2D eigenvalue weighted by Crippen LogP contribution is -2.32. The molecule has 0 fully saturated rings.